The van der Waals surface area contributed by atoms with Crippen LogP contribution < -0.4 is 10.9 Å². The molecule has 4 aromatic rings. The van der Waals surface area contributed by atoms with Gasteiger partial charge in [0.1, 0.15) is 10.6 Å². The van der Waals surface area contributed by atoms with Gasteiger partial charge in [0.25, 0.3) is 25.8 Å². The van der Waals surface area contributed by atoms with Crippen LogP contribution in [-0.2, 0) is 20.2 Å². The molecule has 0 spiro atoms. The highest BCUT2D eigenvalue weighted by Gasteiger charge is 2.18. The molecule has 19 heteroatoms. The van der Waals surface area contributed by atoms with E-state index in [1.165, 1.54) is 31.2 Å². The summed E-state index contributed by atoms with van der Waals surface area (Å²) in [5.41, 5.74) is -0.608. The first-order valence-corrected chi connectivity index (χ1v) is 13.6. The summed E-state index contributed by atoms with van der Waals surface area (Å²) < 4.78 is 66.0. The molecule has 0 fully saturated rings. The maximum Gasteiger partial charge on any atom is 0.299 e. The number of H-pyrrole nitrogens is 1. The van der Waals surface area contributed by atoms with Crippen molar-refractivity contribution in [2.24, 2.45) is 10.2 Å². The molecule has 0 aliphatic carbocycles. The summed E-state index contributed by atoms with van der Waals surface area (Å²) >= 11 is 11.5. The number of aromatic amines is 1. The smallest absolute Gasteiger partial charge is 0.299 e. The molecule has 0 unspecified atom stereocenters. The van der Waals surface area contributed by atoms with Crippen LogP contribution in [0, 0.1) is 6.92 Å². The average Bonchev–Trinajstić information content (AvgIpc) is 3.09. The van der Waals surface area contributed by atoms with Crippen molar-refractivity contribution in [1.29, 1.82) is 0 Å². The van der Waals surface area contributed by atoms with E-state index < -0.39 is 30.7 Å². The lowest BCUT2D eigenvalue weighted by molar-refractivity contribution is 0.481. The number of hydrogen-bond donors (Lipinski definition) is 4. The second kappa shape index (κ2) is 10.2. The molecule has 0 aliphatic rings. The molecule has 2 aromatic carbocycles. The van der Waals surface area contributed by atoms with Gasteiger partial charge >= 0.3 is 0 Å². The number of rotatable bonds is 7. The van der Waals surface area contributed by atoms with Gasteiger partial charge in [0.2, 0.25) is 16.5 Å². The Labute approximate surface area is 223 Å². The monoisotopic (exact) mass is 600 g/mol. The normalized spacial score (nSPS) is 12.2. The molecule has 0 aliphatic heterocycles. The summed E-state index contributed by atoms with van der Waals surface area (Å²) in [5.74, 6) is -0.0677. The van der Waals surface area contributed by atoms with Crippen molar-refractivity contribution in [2.75, 3.05) is 5.32 Å². The molecular formula is C19H14Cl2N8O7S2. The van der Waals surface area contributed by atoms with Gasteiger partial charge in [-0.05, 0) is 72.6 Å². The van der Waals surface area contributed by atoms with Crippen LogP contribution in [0.3, 0.4) is 0 Å². The number of halogens is 2. The van der Waals surface area contributed by atoms with Gasteiger partial charge < -0.3 is 5.32 Å². The number of aromatic nitrogens is 5. The zero-order valence-corrected chi connectivity index (χ0v) is 21.9. The van der Waals surface area contributed by atoms with Gasteiger partial charge in [-0.25, -0.2) is 4.68 Å². The number of nitrogens with one attached hydrogen (secondary N) is 2. The molecular weight excluding hydrogens is 587 g/mol. The van der Waals surface area contributed by atoms with Crippen molar-refractivity contribution in [3.8, 4) is 5.69 Å². The van der Waals surface area contributed by atoms with E-state index in [4.69, 9.17) is 27.8 Å². The van der Waals surface area contributed by atoms with E-state index in [1.807, 2.05) is 0 Å². The molecule has 15 nitrogen and oxygen atoms in total. The zero-order chi connectivity index (χ0) is 27.8. The van der Waals surface area contributed by atoms with Gasteiger partial charge in [-0.3, -0.25) is 19.0 Å². The van der Waals surface area contributed by atoms with E-state index >= 15 is 0 Å². The van der Waals surface area contributed by atoms with Crippen molar-refractivity contribution >= 4 is 66.4 Å². The quantitative estimate of drug-likeness (QED) is 0.177. The minimum Gasteiger partial charge on any atom is -0.324 e. The fourth-order valence-electron chi connectivity index (χ4n) is 3.11. The highest BCUT2D eigenvalue weighted by Crippen LogP contribution is 2.30. The average molecular weight is 601 g/mol. The van der Waals surface area contributed by atoms with Crippen LogP contribution in [0.1, 0.15) is 5.69 Å². The predicted molar refractivity (Wildman–Crippen MR) is 135 cm³/mol. The topological polar surface area (TPSA) is 222 Å². The third kappa shape index (κ3) is 6.04. The second-order valence-corrected chi connectivity index (χ2v) is 10.9. The van der Waals surface area contributed by atoms with Crippen molar-refractivity contribution in [2.45, 2.75) is 16.7 Å². The Bertz CT molecular complexity index is 1830. The highest BCUT2D eigenvalue weighted by atomic mass is 35.5. The van der Waals surface area contributed by atoms with Crippen LogP contribution in [0.2, 0.25) is 10.6 Å². The maximum absolute atomic E-state index is 12.9. The lowest BCUT2D eigenvalue weighted by Gasteiger charge is -2.08. The predicted octanol–water partition coefficient (Wildman–Crippen LogP) is 3.62. The number of benzene rings is 2. The van der Waals surface area contributed by atoms with Gasteiger partial charge in [-0.2, -0.15) is 31.8 Å². The molecule has 0 saturated heterocycles. The first kappa shape index (κ1) is 27.3. The van der Waals surface area contributed by atoms with Crippen molar-refractivity contribution in [3.63, 3.8) is 0 Å². The Morgan fingerprint density at radius 1 is 0.921 bits per heavy atom. The molecule has 38 heavy (non-hydrogen) atoms. The molecule has 0 radical (unpaired) electrons. The Morgan fingerprint density at radius 2 is 1.55 bits per heavy atom. The van der Waals surface area contributed by atoms with Gasteiger partial charge in [-0.1, -0.05) is 0 Å². The molecule has 0 amide bonds. The number of aryl methyl sites for hydroxylation is 1. The number of azo groups is 1. The van der Waals surface area contributed by atoms with E-state index in [0.717, 1.165) is 22.9 Å². The molecule has 0 bridgehead atoms. The second-order valence-electron chi connectivity index (χ2n) is 7.37. The Balaban J connectivity index is 1.72. The molecule has 4 N–H and O–H groups in total. The Kier molecular flexibility index (Phi) is 7.33. The Hall–Kier alpha value is -3.74. The van der Waals surface area contributed by atoms with Crippen LogP contribution in [0.5, 0.6) is 0 Å². The summed E-state index contributed by atoms with van der Waals surface area (Å²) in [6.45, 7) is 1.49. The van der Waals surface area contributed by atoms with E-state index in [9.17, 15) is 26.2 Å². The van der Waals surface area contributed by atoms with Gasteiger partial charge in [0, 0.05) is 5.69 Å². The largest absolute Gasteiger partial charge is 0.324 e. The van der Waals surface area contributed by atoms with Gasteiger partial charge in [0.05, 0.1) is 16.3 Å². The Morgan fingerprint density at radius 3 is 2.13 bits per heavy atom. The van der Waals surface area contributed by atoms with E-state index in [0.29, 0.717) is 0 Å². The lowest BCUT2D eigenvalue weighted by Crippen LogP contribution is -2.14. The van der Waals surface area contributed by atoms with Crippen LogP contribution in [0.15, 0.2) is 67.3 Å². The standard InChI is InChI=1S/C19H14Cl2N8O7S2/c1-9-15(16(30)29(28-9)11-3-5-12(6-4-11)37(31,32)33)27-26-13-8-10(2-7-14(13)38(34,35)36)22-19-24-17(20)23-18(21)25-19/h2-8,28H,1H3,(H,31,32,33)(H,34,35,36)(H,22,23,24,25). The van der Waals surface area contributed by atoms with Crippen LogP contribution in [-0.4, -0.2) is 50.7 Å². The summed E-state index contributed by atoms with van der Waals surface area (Å²) in [5, 5.41) is 12.8. The summed E-state index contributed by atoms with van der Waals surface area (Å²) in [4.78, 5) is 23.2. The first-order chi connectivity index (χ1) is 17.7. The molecule has 0 atom stereocenters. The van der Waals surface area contributed by atoms with Crippen molar-refractivity contribution in [3.05, 3.63) is 69.1 Å². The van der Waals surface area contributed by atoms with E-state index in [1.54, 1.807) is 0 Å². The number of hydrogen-bond acceptors (Lipinski definition) is 11. The molecule has 2 heterocycles. The molecule has 2 aromatic heterocycles. The van der Waals surface area contributed by atoms with Gasteiger partial charge in [0.15, 0.2) is 5.69 Å². The summed E-state index contributed by atoms with van der Waals surface area (Å²) in [6.07, 6.45) is 0. The van der Waals surface area contributed by atoms with Crippen molar-refractivity contribution in [1.82, 2.24) is 24.7 Å². The summed E-state index contributed by atoms with van der Waals surface area (Å²) in [6, 6.07) is 8.23. The van der Waals surface area contributed by atoms with Crippen molar-refractivity contribution < 1.29 is 25.9 Å². The third-order valence-electron chi connectivity index (χ3n) is 4.76. The number of nitrogens with zero attached hydrogens (tertiary/aromatic N) is 6. The van der Waals surface area contributed by atoms with E-state index in [-0.39, 0.29) is 49.9 Å². The lowest BCUT2D eigenvalue weighted by atomic mass is 10.3. The first-order valence-electron chi connectivity index (χ1n) is 9.99. The number of anilines is 2. The molecule has 0 saturated carbocycles. The SMILES string of the molecule is Cc1[nH]n(-c2ccc(S(=O)(=O)O)cc2)c(=O)c1N=Nc1cc(Nc2nc(Cl)nc(Cl)n2)ccc1S(=O)(=O)O. The minimum atomic E-state index is -4.74. The van der Waals surface area contributed by atoms with Gasteiger partial charge in [-0.15, -0.1) is 10.2 Å². The summed E-state index contributed by atoms with van der Waals surface area (Å²) in [7, 11) is -9.17. The van der Waals surface area contributed by atoms with Crippen LogP contribution in [0.25, 0.3) is 5.69 Å². The van der Waals surface area contributed by atoms with E-state index in [2.05, 4.69) is 35.6 Å². The molecule has 4 rings (SSSR count). The highest BCUT2D eigenvalue weighted by molar-refractivity contribution is 7.86. The fourth-order valence-corrected chi connectivity index (χ4v) is 4.56. The maximum atomic E-state index is 12.9. The minimum absolute atomic E-state index is 0.0677. The third-order valence-corrected chi connectivity index (χ3v) is 6.87. The van der Waals surface area contributed by atoms with Crippen LogP contribution >= 0.6 is 23.2 Å². The fraction of sp³-hybridized carbons (Fsp3) is 0.0526. The zero-order valence-electron chi connectivity index (χ0n) is 18.7. The molecule has 198 valence electrons. The van der Waals surface area contributed by atoms with Crippen LogP contribution in [0.4, 0.5) is 23.0 Å².